The van der Waals surface area contributed by atoms with Crippen molar-refractivity contribution in [3.8, 4) is 11.3 Å². The summed E-state index contributed by atoms with van der Waals surface area (Å²) in [7, 11) is 0. The van der Waals surface area contributed by atoms with E-state index in [1.165, 1.54) is 16.7 Å². The van der Waals surface area contributed by atoms with Crippen LogP contribution >= 0.6 is 11.3 Å². The number of aromatic nitrogens is 2. The Morgan fingerprint density at radius 1 is 1.22 bits per heavy atom. The molecule has 0 N–H and O–H groups in total. The number of hydrogen-bond donors (Lipinski definition) is 0. The average molecular weight is 254 g/mol. The molecule has 2 nitrogen and oxygen atoms in total. The van der Waals surface area contributed by atoms with Crippen molar-refractivity contribution in [3.05, 3.63) is 64.5 Å². The minimum Gasteiger partial charge on any atom is -0.268 e. The van der Waals surface area contributed by atoms with Crippen LogP contribution in [-0.4, -0.2) is 9.78 Å². The second kappa shape index (κ2) is 4.78. The molecule has 0 radical (unpaired) electrons. The maximum Gasteiger partial charge on any atom is 0.0931 e. The zero-order valence-corrected chi connectivity index (χ0v) is 11.0. The summed E-state index contributed by atoms with van der Waals surface area (Å²) in [5.41, 5.74) is 4.82. The first-order valence-electron chi connectivity index (χ1n) is 5.93. The van der Waals surface area contributed by atoms with Crippen LogP contribution in [0.2, 0.25) is 0 Å². The second-order valence-corrected chi connectivity index (χ2v) is 5.18. The van der Waals surface area contributed by atoms with Crippen LogP contribution in [0.1, 0.15) is 11.1 Å². The van der Waals surface area contributed by atoms with Crippen molar-refractivity contribution in [3.63, 3.8) is 0 Å². The van der Waals surface area contributed by atoms with Crippen molar-refractivity contribution in [2.75, 3.05) is 0 Å². The van der Waals surface area contributed by atoms with Crippen LogP contribution < -0.4 is 0 Å². The molecular formula is C15H14N2S. The van der Waals surface area contributed by atoms with Crippen molar-refractivity contribution in [2.24, 2.45) is 0 Å². The van der Waals surface area contributed by atoms with Crippen LogP contribution in [0.5, 0.6) is 0 Å². The van der Waals surface area contributed by atoms with Gasteiger partial charge in [-0.15, -0.1) is 0 Å². The largest absolute Gasteiger partial charge is 0.268 e. The Bertz CT molecular complexity index is 638. The third kappa shape index (κ3) is 2.36. The van der Waals surface area contributed by atoms with Gasteiger partial charge < -0.3 is 0 Å². The van der Waals surface area contributed by atoms with E-state index < -0.39 is 0 Å². The molecule has 0 fully saturated rings. The standard InChI is InChI=1S/C15H14N2S/c1-12-3-2-4-13(9-12)10-17-7-5-15(16-17)14-6-8-18-11-14/h2-9,11H,10H2,1H3. The Kier molecular flexibility index (Phi) is 2.99. The first-order valence-corrected chi connectivity index (χ1v) is 6.87. The van der Waals surface area contributed by atoms with Crippen molar-refractivity contribution in [1.29, 1.82) is 0 Å². The summed E-state index contributed by atoms with van der Waals surface area (Å²) < 4.78 is 1.99. The third-order valence-electron chi connectivity index (χ3n) is 2.88. The molecule has 0 unspecified atom stereocenters. The fourth-order valence-electron chi connectivity index (χ4n) is 2.01. The van der Waals surface area contributed by atoms with Crippen LogP contribution in [-0.2, 0) is 6.54 Å². The molecular weight excluding hydrogens is 240 g/mol. The quantitative estimate of drug-likeness (QED) is 0.691. The lowest BCUT2D eigenvalue weighted by Crippen LogP contribution is -2.00. The first kappa shape index (κ1) is 11.2. The topological polar surface area (TPSA) is 17.8 Å². The molecule has 1 aromatic carbocycles. The van der Waals surface area contributed by atoms with E-state index in [1.807, 2.05) is 10.9 Å². The highest BCUT2D eigenvalue weighted by molar-refractivity contribution is 7.08. The Labute approximate surface area is 111 Å². The predicted octanol–water partition coefficient (Wildman–Crippen LogP) is 3.97. The van der Waals surface area contributed by atoms with Crippen molar-refractivity contribution in [2.45, 2.75) is 13.5 Å². The van der Waals surface area contributed by atoms with Gasteiger partial charge in [0.25, 0.3) is 0 Å². The molecule has 3 rings (SSSR count). The van der Waals surface area contributed by atoms with Crippen LogP contribution in [0.3, 0.4) is 0 Å². The highest BCUT2D eigenvalue weighted by Gasteiger charge is 2.03. The molecule has 0 amide bonds. The highest BCUT2D eigenvalue weighted by Crippen LogP contribution is 2.20. The number of rotatable bonds is 3. The van der Waals surface area contributed by atoms with Gasteiger partial charge in [0.15, 0.2) is 0 Å². The van der Waals surface area contributed by atoms with Crippen molar-refractivity contribution >= 4 is 11.3 Å². The lowest BCUT2D eigenvalue weighted by molar-refractivity contribution is 0.689. The van der Waals surface area contributed by atoms with Gasteiger partial charge in [-0.05, 0) is 30.0 Å². The predicted molar refractivity (Wildman–Crippen MR) is 75.8 cm³/mol. The van der Waals surface area contributed by atoms with E-state index in [0.29, 0.717) is 0 Å². The van der Waals surface area contributed by atoms with E-state index in [2.05, 4.69) is 59.2 Å². The van der Waals surface area contributed by atoms with Crippen LogP contribution in [0, 0.1) is 6.92 Å². The number of benzene rings is 1. The third-order valence-corrected chi connectivity index (χ3v) is 3.57. The lowest BCUT2D eigenvalue weighted by atomic mass is 10.1. The number of hydrogen-bond acceptors (Lipinski definition) is 2. The SMILES string of the molecule is Cc1cccc(Cn2ccc(-c3ccsc3)n2)c1. The summed E-state index contributed by atoms with van der Waals surface area (Å²) in [6.07, 6.45) is 2.04. The van der Waals surface area contributed by atoms with Crippen LogP contribution in [0.25, 0.3) is 11.3 Å². The zero-order valence-electron chi connectivity index (χ0n) is 10.2. The van der Waals surface area contributed by atoms with Gasteiger partial charge in [-0.3, -0.25) is 4.68 Å². The molecule has 0 saturated heterocycles. The monoisotopic (exact) mass is 254 g/mol. The van der Waals surface area contributed by atoms with Gasteiger partial charge in [0.1, 0.15) is 0 Å². The molecule has 0 spiro atoms. The summed E-state index contributed by atoms with van der Waals surface area (Å²) in [5, 5.41) is 8.80. The van der Waals surface area contributed by atoms with Gasteiger partial charge in [0.05, 0.1) is 12.2 Å². The molecule has 2 aromatic heterocycles. The number of thiophene rings is 1. The molecule has 0 bridgehead atoms. The Hall–Kier alpha value is -1.87. The first-order chi connectivity index (χ1) is 8.81. The molecule has 3 heteroatoms. The van der Waals surface area contributed by atoms with E-state index in [9.17, 15) is 0 Å². The summed E-state index contributed by atoms with van der Waals surface area (Å²) in [4.78, 5) is 0. The Balaban J connectivity index is 1.82. The van der Waals surface area contributed by atoms with Crippen molar-refractivity contribution in [1.82, 2.24) is 9.78 Å². The molecule has 0 aliphatic heterocycles. The van der Waals surface area contributed by atoms with Crippen molar-refractivity contribution < 1.29 is 0 Å². The fourth-order valence-corrected chi connectivity index (χ4v) is 2.66. The molecule has 2 heterocycles. The highest BCUT2D eigenvalue weighted by atomic mass is 32.1. The summed E-state index contributed by atoms with van der Waals surface area (Å²) >= 11 is 1.70. The fraction of sp³-hybridized carbons (Fsp3) is 0.133. The van der Waals surface area contributed by atoms with Crippen LogP contribution in [0.4, 0.5) is 0 Å². The normalized spacial score (nSPS) is 10.7. The summed E-state index contributed by atoms with van der Waals surface area (Å²) in [5.74, 6) is 0. The van der Waals surface area contributed by atoms with E-state index in [-0.39, 0.29) is 0 Å². The van der Waals surface area contributed by atoms with E-state index in [1.54, 1.807) is 11.3 Å². The minimum atomic E-state index is 0.825. The smallest absolute Gasteiger partial charge is 0.0931 e. The maximum absolute atomic E-state index is 4.60. The molecule has 18 heavy (non-hydrogen) atoms. The van der Waals surface area contributed by atoms with E-state index >= 15 is 0 Å². The van der Waals surface area contributed by atoms with Gasteiger partial charge in [-0.1, -0.05) is 29.8 Å². The Morgan fingerprint density at radius 2 is 2.17 bits per heavy atom. The number of aryl methyl sites for hydroxylation is 1. The summed E-state index contributed by atoms with van der Waals surface area (Å²) in [6, 6.07) is 12.7. The molecule has 0 aliphatic carbocycles. The van der Waals surface area contributed by atoms with Crippen LogP contribution in [0.15, 0.2) is 53.4 Å². The van der Waals surface area contributed by atoms with Gasteiger partial charge >= 0.3 is 0 Å². The van der Waals surface area contributed by atoms with Gasteiger partial charge in [-0.2, -0.15) is 16.4 Å². The lowest BCUT2D eigenvalue weighted by Gasteiger charge is -2.02. The van der Waals surface area contributed by atoms with Gasteiger partial charge in [0.2, 0.25) is 0 Å². The summed E-state index contributed by atoms with van der Waals surface area (Å²) in [6.45, 7) is 2.94. The zero-order chi connectivity index (χ0) is 12.4. The van der Waals surface area contributed by atoms with Gasteiger partial charge in [0, 0.05) is 17.1 Å². The Morgan fingerprint density at radius 3 is 2.94 bits per heavy atom. The molecule has 0 saturated carbocycles. The second-order valence-electron chi connectivity index (χ2n) is 4.40. The van der Waals surface area contributed by atoms with Gasteiger partial charge in [-0.25, -0.2) is 0 Å². The molecule has 3 aromatic rings. The van der Waals surface area contributed by atoms with E-state index in [4.69, 9.17) is 0 Å². The minimum absolute atomic E-state index is 0.825. The van der Waals surface area contributed by atoms with E-state index in [0.717, 1.165) is 12.2 Å². The molecule has 90 valence electrons. The maximum atomic E-state index is 4.60. The average Bonchev–Trinajstić information content (AvgIpc) is 2.98. The molecule has 0 aliphatic rings. The number of nitrogens with zero attached hydrogens (tertiary/aromatic N) is 2. The molecule has 0 atom stereocenters.